The third-order valence-corrected chi connectivity index (χ3v) is 4.33. The molecule has 0 radical (unpaired) electrons. The van der Waals surface area contributed by atoms with Gasteiger partial charge >= 0.3 is 0 Å². The molecule has 2 saturated heterocycles. The lowest BCUT2D eigenvalue weighted by molar-refractivity contribution is -0.158. The number of amides is 1. The Hall–Kier alpha value is -0.360. The molecule has 0 saturated carbocycles. The second-order valence-corrected chi connectivity index (χ2v) is 5.72. The van der Waals surface area contributed by atoms with Crippen LogP contribution in [0, 0.1) is 5.92 Å². The third-order valence-electron chi connectivity index (χ3n) is 4.33. The van der Waals surface area contributed by atoms with E-state index >= 15 is 0 Å². The highest BCUT2D eigenvalue weighted by molar-refractivity contribution is 5.85. The molecule has 2 aliphatic rings. The zero-order valence-electron chi connectivity index (χ0n) is 12.5. The number of halogens is 1. The number of hydrogen-bond donors (Lipinski definition) is 1. The van der Waals surface area contributed by atoms with Gasteiger partial charge in [-0.25, -0.2) is 0 Å². The molecule has 0 aromatic heterocycles. The molecule has 2 aliphatic heterocycles. The number of piperidine rings is 1. The monoisotopic (exact) mass is 306 g/mol. The van der Waals surface area contributed by atoms with Gasteiger partial charge in [-0.15, -0.1) is 12.4 Å². The quantitative estimate of drug-likeness (QED) is 0.844. The summed E-state index contributed by atoms with van der Waals surface area (Å²) in [5.74, 6) is 0.598. The number of hydrogen-bond acceptors (Lipinski definition) is 4. The van der Waals surface area contributed by atoms with Crippen molar-refractivity contribution in [3.8, 4) is 0 Å². The van der Waals surface area contributed by atoms with Crippen LogP contribution >= 0.6 is 12.4 Å². The average molecular weight is 307 g/mol. The fourth-order valence-electron chi connectivity index (χ4n) is 3.11. The summed E-state index contributed by atoms with van der Waals surface area (Å²) < 4.78 is 11.1. The first kappa shape index (κ1) is 17.7. The Labute approximate surface area is 127 Å². The average Bonchev–Trinajstić information content (AvgIpc) is 2.48. The lowest BCUT2D eigenvalue weighted by Gasteiger charge is -2.38. The molecule has 1 unspecified atom stereocenters. The van der Waals surface area contributed by atoms with Crippen molar-refractivity contribution in [1.82, 2.24) is 10.2 Å². The van der Waals surface area contributed by atoms with Crippen molar-refractivity contribution < 1.29 is 14.3 Å². The van der Waals surface area contributed by atoms with Crippen LogP contribution in [-0.4, -0.2) is 63.4 Å². The lowest BCUT2D eigenvalue weighted by Crippen LogP contribution is -2.55. The van der Waals surface area contributed by atoms with Gasteiger partial charge in [-0.05, 0) is 44.7 Å². The molecular formula is C14H27ClN2O3. The molecule has 0 aliphatic carbocycles. The molecule has 1 atom stereocenters. The summed E-state index contributed by atoms with van der Waals surface area (Å²) in [5.41, 5.74) is -0.616. The molecule has 6 heteroatoms. The summed E-state index contributed by atoms with van der Waals surface area (Å²) in [6.45, 7) is 4.11. The van der Waals surface area contributed by atoms with Gasteiger partial charge in [-0.1, -0.05) is 0 Å². The number of carbonyl (C=O) groups excluding carboxylic acids is 1. The van der Waals surface area contributed by atoms with Gasteiger partial charge in [0.25, 0.3) is 5.91 Å². The molecule has 1 amide bonds. The summed E-state index contributed by atoms with van der Waals surface area (Å²) in [6, 6.07) is 0. The van der Waals surface area contributed by atoms with Crippen LogP contribution in [0.25, 0.3) is 0 Å². The Morgan fingerprint density at radius 3 is 2.70 bits per heavy atom. The Morgan fingerprint density at radius 2 is 2.15 bits per heavy atom. The van der Waals surface area contributed by atoms with Crippen LogP contribution in [0.1, 0.15) is 25.7 Å². The van der Waals surface area contributed by atoms with Gasteiger partial charge in [0.2, 0.25) is 0 Å². The van der Waals surface area contributed by atoms with Crippen LogP contribution in [0.2, 0.25) is 0 Å². The van der Waals surface area contributed by atoms with Crippen LogP contribution in [0.5, 0.6) is 0 Å². The van der Waals surface area contributed by atoms with E-state index in [1.54, 1.807) is 7.11 Å². The van der Waals surface area contributed by atoms with E-state index in [9.17, 15) is 4.79 Å². The predicted octanol–water partition coefficient (Wildman–Crippen LogP) is 1.06. The molecule has 20 heavy (non-hydrogen) atoms. The Morgan fingerprint density at radius 1 is 1.45 bits per heavy atom. The predicted molar refractivity (Wildman–Crippen MR) is 80.3 cm³/mol. The van der Waals surface area contributed by atoms with Gasteiger partial charge in [0, 0.05) is 27.3 Å². The van der Waals surface area contributed by atoms with Crippen molar-refractivity contribution in [3.63, 3.8) is 0 Å². The van der Waals surface area contributed by atoms with Gasteiger partial charge in [-0.3, -0.25) is 4.79 Å². The molecule has 1 N–H and O–H groups in total. The largest absolute Gasteiger partial charge is 0.381 e. The number of methoxy groups -OCH3 is 1. The molecular weight excluding hydrogens is 280 g/mol. The van der Waals surface area contributed by atoms with E-state index in [2.05, 4.69) is 5.32 Å². The van der Waals surface area contributed by atoms with Gasteiger partial charge in [-0.2, -0.15) is 0 Å². The van der Waals surface area contributed by atoms with Crippen LogP contribution in [0.15, 0.2) is 0 Å². The first-order valence-corrected chi connectivity index (χ1v) is 7.27. The molecule has 0 bridgehead atoms. The Kier molecular flexibility index (Phi) is 7.23. The van der Waals surface area contributed by atoms with Crippen molar-refractivity contribution in [2.75, 3.05) is 47.0 Å². The Balaban J connectivity index is 0.00000200. The highest BCUT2D eigenvalue weighted by atomic mass is 35.5. The SMILES string of the molecule is COC1(C(=O)N(C)CC2CCCOC2)CCNCC1.Cl. The van der Waals surface area contributed by atoms with Crippen LogP contribution < -0.4 is 5.32 Å². The van der Waals surface area contributed by atoms with E-state index in [4.69, 9.17) is 9.47 Å². The molecule has 118 valence electrons. The van der Waals surface area contributed by atoms with Gasteiger partial charge in [0.05, 0.1) is 6.61 Å². The maximum atomic E-state index is 12.7. The van der Waals surface area contributed by atoms with Crippen molar-refractivity contribution in [2.24, 2.45) is 5.92 Å². The van der Waals surface area contributed by atoms with E-state index in [0.29, 0.717) is 5.92 Å². The fourth-order valence-corrected chi connectivity index (χ4v) is 3.11. The molecule has 0 spiro atoms. The van der Waals surface area contributed by atoms with Gasteiger partial charge in [0.15, 0.2) is 0 Å². The van der Waals surface area contributed by atoms with E-state index in [1.165, 1.54) is 0 Å². The lowest BCUT2D eigenvalue weighted by atomic mass is 9.90. The molecule has 2 rings (SSSR count). The summed E-state index contributed by atoms with van der Waals surface area (Å²) in [7, 11) is 3.54. The second-order valence-electron chi connectivity index (χ2n) is 5.72. The number of likely N-dealkylation sites (N-methyl/N-ethyl adjacent to an activating group) is 1. The fraction of sp³-hybridized carbons (Fsp3) is 0.929. The number of carbonyl (C=O) groups is 1. The van der Waals surface area contributed by atoms with Crippen molar-refractivity contribution in [3.05, 3.63) is 0 Å². The van der Waals surface area contributed by atoms with Crippen LogP contribution in [-0.2, 0) is 14.3 Å². The summed E-state index contributed by atoms with van der Waals surface area (Å²) in [4.78, 5) is 14.5. The van der Waals surface area contributed by atoms with E-state index < -0.39 is 5.60 Å². The molecule has 0 aromatic rings. The summed E-state index contributed by atoms with van der Waals surface area (Å²) in [6.07, 6.45) is 3.77. The first-order valence-electron chi connectivity index (χ1n) is 7.27. The molecule has 0 aromatic carbocycles. The van der Waals surface area contributed by atoms with Crippen LogP contribution in [0.3, 0.4) is 0 Å². The minimum Gasteiger partial charge on any atom is -0.381 e. The minimum atomic E-state index is -0.616. The Bertz CT molecular complexity index is 303. The van der Waals surface area contributed by atoms with Gasteiger partial charge in [0.1, 0.15) is 5.60 Å². The van der Waals surface area contributed by atoms with Crippen molar-refractivity contribution in [1.29, 1.82) is 0 Å². The smallest absolute Gasteiger partial charge is 0.254 e. The number of ether oxygens (including phenoxy) is 2. The minimum absolute atomic E-state index is 0. The van der Waals surface area contributed by atoms with Crippen LogP contribution in [0.4, 0.5) is 0 Å². The zero-order valence-corrected chi connectivity index (χ0v) is 13.3. The van der Waals surface area contributed by atoms with Crippen molar-refractivity contribution >= 4 is 18.3 Å². The van der Waals surface area contributed by atoms with Crippen molar-refractivity contribution in [2.45, 2.75) is 31.3 Å². The topological polar surface area (TPSA) is 50.8 Å². The second kappa shape index (κ2) is 8.17. The van der Waals surface area contributed by atoms with E-state index in [-0.39, 0.29) is 18.3 Å². The maximum Gasteiger partial charge on any atom is 0.254 e. The number of nitrogens with zero attached hydrogens (tertiary/aromatic N) is 1. The van der Waals surface area contributed by atoms with E-state index in [1.807, 2.05) is 11.9 Å². The summed E-state index contributed by atoms with van der Waals surface area (Å²) >= 11 is 0. The summed E-state index contributed by atoms with van der Waals surface area (Å²) in [5, 5.41) is 3.28. The highest BCUT2D eigenvalue weighted by Crippen LogP contribution is 2.25. The zero-order chi connectivity index (χ0) is 13.7. The van der Waals surface area contributed by atoms with Gasteiger partial charge < -0.3 is 19.7 Å². The first-order chi connectivity index (χ1) is 9.18. The molecule has 5 nitrogen and oxygen atoms in total. The van der Waals surface area contributed by atoms with E-state index in [0.717, 1.165) is 58.5 Å². The third kappa shape index (κ3) is 4.07. The molecule has 2 fully saturated rings. The standard InChI is InChI=1S/C14H26N2O3.ClH/c1-16(10-12-4-3-9-19-11-12)13(17)14(18-2)5-7-15-8-6-14;/h12,15H,3-11H2,1-2H3;1H. The maximum absolute atomic E-state index is 12.7. The number of nitrogens with one attached hydrogen (secondary N) is 1. The number of rotatable bonds is 4. The normalized spacial score (nSPS) is 25.6. The highest BCUT2D eigenvalue weighted by Gasteiger charge is 2.41. The molecule has 2 heterocycles.